The van der Waals surface area contributed by atoms with Crippen molar-refractivity contribution in [3.8, 4) is 11.1 Å². The van der Waals surface area contributed by atoms with Crippen LogP contribution >= 0.6 is 0 Å². The van der Waals surface area contributed by atoms with Crippen molar-refractivity contribution in [1.29, 1.82) is 0 Å². The van der Waals surface area contributed by atoms with Crippen molar-refractivity contribution in [3.63, 3.8) is 0 Å². The van der Waals surface area contributed by atoms with Gasteiger partial charge in [0.2, 0.25) is 0 Å². The lowest BCUT2D eigenvalue weighted by molar-refractivity contribution is 0.0505. The largest absolute Gasteiger partial charge is 0.462 e. The highest BCUT2D eigenvalue weighted by atomic mass is 16.5. The van der Waals surface area contributed by atoms with Gasteiger partial charge in [0, 0.05) is 0 Å². The van der Waals surface area contributed by atoms with Crippen LogP contribution in [0, 0.1) is 11.8 Å². The number of carbonyl (C=O) groups excluding carboxylic acids is 1. The fourth-order valence-corrected chi connectivity index (χ4v) is 4.53. The van der Waals surface area contributed by atoms with Gasteiger partial charge in [-0.1, -0.05) is 88.8 Å². The topological polar surface area (TPSA) is 26.3 Å². The van der Waals surface area contributed by atoms with Crippen LogP contribution in [0.3, 0.4) is 0 Å². The fourth-order valence-electron chi connectivity index (χ4n) is 4.53. The number of ether oxygens (including phenoxy) is 1. The molecule has 2 nitrogen and oxygen atoms in total. The Morgan fingerprint density at radius 1 is 0.793 bits per heavy atom. The van der Waals surface area contributed by atoms with Crippen LogP contribution in [0.15, 0.2) is 48.5 Å². The Bertz CT molecular complexity index is 737. The molecule has 2 aromatic rings. The van der Waals surface area contributed by atoms with E-state index in [-0.39, 0.29) is 5.97 Å². The summed E-state index contributed by atoms with van der Waals surface area (Å²) >= 11 is 0. The Hall–Kier alpha value is -2.09. The number of rotatable bonds is 9. The molecule has 1 fully saturated rings. The smallest absolute Gasteiger partial charge is 0.338 e. The molecule has 0 unspecified atom stereocenters. The van der Waals surface area contributed by atoms with Gasteiger partial charge in [-0.2, -0.15) is 0 Å². The first-order chi connectivity index (χ1) is 14.2. The summed E-state index contributed by atoms with van der Waals surface area (Å²) < 4.78 is 5.19. The third-order valence-electron chi connectivity index (χ3n) is 6.35. The average molecular weight is 393 g/mol. The van der Waals surface area contributed by atoms with E-state index in [0.717, 1.165) is 23.8 Å². The van der Waals surface area contributed by atoms with Crippen molar-refractivity contribution >= 4 is 5.97 Å². The minimum absolute atomic E-state index is 0.238. The standard InChI is InChI=1S/C27H36O2/c1-3-5-21-6-8-22(9-7-21)10-11-23-12-14-24(15-13-23)25-16-18-26(19-17-25)27(28)29-20-4-2/h12-19,21-22H,3-11,20H2,1-2H3. The lowest BCUT2D eigenvalue weighted by Gasteiger charge is -2.28. The predicted molar refractivity (Wildman–Crippen MR) is 121 cm³/mol. The predicted octanol–water partition coefficient (Wildman–Crippen LogP) is 7.46. The summed E-state index contributed by atoms with van der Waals surface area (Å²) in [6, 6.07) is 16.7. The minimum atomic E-state index is -0.238. The molecule has 0 spiro atoms. The molecule has 1 aliphatic carbocycles. The normalized spacial score (nSPS) is 19.1. The molecule has 156 valence electrons. The van der Waals surface area contributed by atoms with Gasteiger partial charge in [0.05, 0.1) is 12.2 Å². The first-order valence-corrected chi connectivity index (χ1v) is 11.6. The van der Waals surface area contributed by atoms with Crippen molar-refractivity contribution in [2.45, 2.75) is 71.6 Å². The van der Waals surface area contributed by atoms with Gasteiger partial charge in [-0.3, -0.25) is 0 Å². The van der Waals surface area contributed by atoms with Gasteiger partial charge < -0.3 is 4.74 Å². The molecular formula is C27H36O2. The zero-order valence-electron chi connectivity index (χ0n) is 18.2. The van der Waals surface area contributed by atoms with Gasteiger partial charge in [-0.25, -0.2) is 4.79 Å². The van der Waals surface area contributed by atoms with Crippen LogP contribution in [0.1, 0.15) is 81.1 Å². The molecule has 0 aromatic heterocycles. The molecule has 2 aromatic carbocycles. The summed E-state index contributed by atoms with van der Waals surface area (Å²) in [4.78, 5) is 11.9. The number of benzene rings is 2. The maximum Gasteiger partial charge on any atom is 0.338 e. The Kier molecular flexibility index (Phi) is 8.34. The molecule has 0 radical (unpaired) electrons. The molecule has 2 heteroatoms. The molecule has 0 aliphatic heterocycles. The van der Waals surface area contributed by atoms with E-state index < -0.39 is 0 Å². The quantitative estimate of drug-likeness (QED) is 0.414. The van der Waals surface area contributed by atoms with Crippen LogP contribution in [0.2, 0.25) is 0 Å². The number of hydrogen-bond acceptors (Lipinski definition) is 2. The van der Waals surface area contributed by atoms with Crippen LogP contribution in [0.4, 0.5) is 0 Å². The van der Waals surface area contributed by atoms with Gasteiger partial charge in [0.1, 0.15) is 0 Å². The molecular weight excluding hydrogens is 356 g/mol. The molecule has 29 heavy (non-hydrogen) atoms. The second kappa shape index (κ2) is 11.2. The number of esters is 1. The highest BCUT2D eigenvalue weighted by Crippen LogP contribution is 2.34. The van der Waals surface area contributed by atoms with Gasteiger partial charge in [0.15, 0.2) is 0 Å². The zero-order chi connectivity index (χ0) is 20.5. The minimum Gasteiger partial charge on any atom is -0.462 e. The van der Waals surface area contributed by atoms with E-state index >= 15 is 0 Å². The second-order valence-corrected chi connectivity index (χ2v) is 8.62. The third kappa shape index (κ3) is 6.45. The van der Waals surface area contributed by atoms with E-state index in [1.54, 1.807) is 0 Å². The van der Waals surface area contributed by atoms with Crippen molar-refractivity contribution in [1.82, 2.24) is 0 Å². The van der Waals surface area contributed by atoms with Gasteiger partial charge in [0.25, 0.3) is 0 Å². The number of aryl methyl sites for hydroxylation is 1. The zero-order valence-corrected chi connectivity index (χ0v) is 18.2. The molecule has 0 bridgehead atoms. The maximum absolute atomic E-state index is 11.9. The SMILES string of the molecule is CCCOC(=O)c1ccc(-c2ccc(CCC3CCC(CCC)CC3)cc2)cc1. The Labute approximate surface area is 176 Å². The van der Waals surface area contributed by atoms with E-state index in [0.29, 0.717) is 12.2 Å². The van der Waals surface area contributed by atoms with Crippen molar-refractivity contribution < 1.29 is 9.53 Å². The van der Waals surface area contributed by atoms with E-state index in [2.05, 4.69) is 31.2 Å². The molecule has 0 saturated heterocycles. The lowest BCUT2D eigenvalue weighted by Crippen LogP contribution is -2.15. The maximum atomic E-state index is 11.9. The summed E-state index contributed by atoms with van der Waals surface area (Å²) in [5.41, 5.74) is 4.39. The Morgan fingerprint density at radius 3 is 1.90 bits per heavy atom. The van der Waals surface area contributed by atoms with Crippen LogP contribution in [0.5, 0.6) is 0 Å². The third-order valence-corrected chi connectivity index (χ3v) is 6.35. The van der Waals surface area contributed by atoms with Crippen LogP contribution in [-0.2, 0) is 11.2 Å². The van der Waals surface area contributed by atoms with E-state index in [1.165, 1.54) is 62.5 Å². The Morgan fingerprint density at radius 2 is 1.34 bits per heavy atom. The fraction of sp³-hybridized carbons (Fsp3) is 0.519. The Balaban J connectivity index is 1.49. The molecule has 1 saturated carbocycles. The molecule has 0 amide bonds. The van der Waals surface area contributed by atoms with E-state index in [1.807, 2.05) is 31.2 Å². The molecule has 0 N–H and O–H groups in total. The van der Waals surface area contributed by atoms with E-state index in [4.69, 9.17) is 4.74 Å². The first kappa shape index (κ1) is 21.6. The average Bonchev–Trinajstić information content (AvgIpc) is 2.78. The highest BCUT2D eigenvalue weighted by molar-refractivity contribution is 5.90. The highest BCUT2D eigenvalue weighted by Gasteiger charge is 2.20. The van der Waals surface area contributed by atoms with Crippen LogP contribution in [-0.4, -0.2) is 12.6 Å². The number of hydrogen-bond donors (Lipinski definition) is 0. The lowest BCUT2D eigenvalue weighted by atomic mass is 9.78. The van der Waals surface area contributed by atoms with Crippen molar-refractivity contribution in [2.75, 3.05) is 6.61 Å². The molecule has 1 aliphatic rings. The van der Waals surface area contributed by atoms with Crippen LogP contribution in [0.25, 0.3) is 11.1 Å². The monoisotopic (exact) mass is 392 g/mol. The summed E-state index contributed by atoms with van der Waals surface area (Å²) in [7, 11) is 0. The molecule has 0 atom stereocenters. The summed E-state index contributed by atoms with van der Waals surface area (Å²) in [5.74, 6) is 1.68. The summed E-state index contributed by atoms with van der Waals surface area (Å²) in [5, 5.41) is 0. The summed E-state index contributed by atoms with van der Waals surface area (Å²) in [6.07, 6.45) is 11.9. The van der Waals surface area contributed by atoms with Crippen LogP contribution < -0.4 is 0 Å². The van der Waals surface area contributed by atoms with Gasteiger partial charge >= 0.3 is 5.97 Å². The van der Waals surface area contributed by atoms with Gasteiger partial charge in [-0.15, -0.1) is 0 Å². The molecule has 3 rings (SSSR count). The second-order valence-electron chi connectivity index (χ2n) is 8.62. The van der Waals surface area contributed by atoms with Crippen molar-refractivity contribution in [2.24, 2.45) is 11.8 Å². The number of carbonyl (C=O) groups is 1. The van der Waals surface area contributed by atoms with Gasteiger partial charge in [-0.05, 0) is 59.9 Å². The summed E-state index contributed by atoms with van der Waals surface area (Å²) in [6.45, 7) is 4.78. The first-order valence-electron chi connectivity index (χ1n) is 11.6. The van der Waals surface area contributed by atoms with Crippen molar-refractivity contribution in [3.05, 3.63) is 59.7 Å². The molecule has 0 heterocycles. The van der Waals surface area contributed by atoms with E-state index in [9.17, 15) is 4.79 Å².